The van der Waals surface area contributed by atoms with E-state index in [0.717, 1.165) is 24.0 Å². The summed E-state index contributed by atoms with van der Waals surface area (Å²) in [6, 6.07) is 15.7. The summed E-state index contributed by atoms with van der Waals surface area (Å²) >= 11 is 0. The van der Waals surface area contributed by atoms with Gasteiger partial charge < -0.3 is 4.90 Å². The SMILES string of the molecule is N#C[C@@H]1CCCN(C(=O)c2ccccc2-c2ccc(F)cc2)C1. The van der Waals surface area contributed by atoms with Crippen molar-refractivity contribution in [3.05, 3.63) is 59.9 Å². The van der Waals surface area contributed by atoms with Crippen molar-refractivity contribution >= 4 is 5.91 Å². The molecule has 1 fully saturated rings. The number of hydrogen-bond donors (Lipinski definition) is 0. The van der Waals surface area contributed by atoms with Crippen molar-refractivity contribution in [2.75, 3.05) is 13.1 Å². The lowest BCUT2D eigenvalue weighted by Crippen LogP contribution is -2.39. The number of nitrogens with zero attached hydrogens (tertiary/aromatic N) is 2. The monoisotopic (exact) mass is 308 g/mol. The smallest absolute Gasteiger partial charge is 0.254 e. The molecule has 0 unspecified atom stereocenters. The second-order valence-electron chi connectivity index (χ2n) is 5.77. The highest BCUT2D eigenvalue weighted by atomic mass is 19.1. The van der Waals surface area contributed by atoms with E-state index in [4.69, 9.17) is 5.26 Å². The summed E-state index contributed by atoms with van der Waals surface area (Å²) in [6.07, 6.45) is 1.70. The molecule has 0 N–H and O–H groups in total. The highest BCUT2D eigenvalue weighted by molar-refractivity contribution is 6.01. The van der Waals surface area contributed by atoms with Crippen molar-refractivity contribution in [2.24, 2.45) is 5.92 Å². The van der Waals surface area contributed by atoms with Gasteiger partial charge in [0.25, 0.3) is 5.91 Å². The molecule has 0 spiro atoms. The van der Waals surface area contributed by atoms with E-state index in [-0.39, 0.29) is 17.6 Å². The maximum absolute atomic E-state index is 13.1. The molecule has 3 rings (SSSR count). The molecule has 116 valence electrons. The third kappa shape index (κ3) is 3.24. The molecule has 2 aromatic rings. The molecule has 0 aliphatic carbocycles. The number of likely N-dealkylation sites (tertiary alicyclic amines) is 1. The molecule has 0 aromatic heterocycles. The molecule has 0 radical (unpaired) electrons. The molecule has 23 heavy (non-hydrogen) atoms. The Hall–Kier alpha value is -2.67. The second-order valence-corrected chi connectivity index (χ2v) is 5.77. The predicted molar refractivity (Wildman–Crippen MR) is 86.1 cm³/mol. The fourth-order valence-electron chi connectivity index (χ4n) is 2.99. The molecule has 1 saturated heterocycles. The van der Waals surface area contributed by atoms with Crippen LogP contribution in [0.25, 0.3) is 11.1 Å². The van der Waals surface area contributed by atoms with Crippen molar-refractivity contribution in [1.29, 1.82) is 5.26 Å². The fourth-order valence-corrected chi connectivity index (χ4v) is 2.99. The van der Waals surface area contributed by atoms with Gasteiger partial charge in [-0.15, -0.1) is 0 Å². The number of nitriles is 1. The van der Waals surface area contributed by atoms with Gasteiger partial charge in [-0.2, -0.15) is 5.26 Å². The summed E-state index contributed by atoms with van der Waals surface area (Å²) < 4.78 is 13.1. The van der Waals surface area contributed by atoms with Crippen LogP contribution in [-0.2, 0) is 0 Å². The normalized spacial score (nSPS) is 17.6. The van der Waals surface area contributed by atoms with E-state index in [2.05, 4.69) is 6.07 Å². The van der Waals surface area contributed by atoms with Crippen LogP contribution in [0.4, 0.5) is 4.39 Å². The molecule has 1 heterocycles. The maximum Gasteiger partial charge on any atom is 0.254 e. The number of rotatable bonds is 2. The third-order valence-corrected chi connectivity index (χ3v) is 4.20. The van der Waals surface area contributed by atoms with Crippen molar-refractivity contribution in [3.8, 4) is 17.2 Å². The Morgan fingerprint density at radius 2 is 1.91 bits per heavy atom. The van der Waals surface area contributed by atoms with Crippen LogP contribution in [0.15, 0.2) is 48.5 Å². The first kappa shape index (κ1) is 15.2. The highest BCUT2D eigenvalue weighted by Crippen LogP contribution is 2.26. The summed E-state index contributed by atoms with van der Waals surface area (Å²) in [6.45, 7) is 1.15. The number of carbonyl (C=O) groups is 1. The van der Waals surface area contributed by atoms with Crippen LogP contribution in [0, 0.1) is 23.1 Å². The predicted octanol–water partition coefficient (Wildman–Crippen LogP) is 3.87. The van der Waals surface area contributed by atoms with Gasteiger partial charge in [0, 0.05) is 18.7 Å². The van der Waals surface area contributed by atoms with Crippen LogP contribution in [0.5, 0.6) is 0 Å². The highest BCUT2D eigenvalue weighted by Gasteiger charge is 2.25. The summed E-state index contributed by atoms with van der Waals surface area (Å²) in [4.78, 5) is 14.6. The first-order valence-corrected chi connectivity index (χ1v) is 7.73. The number of amides is 1. The van der Waals surface area contributed by atoms with Gasteiger partial charge >= 0.3 is 0 Å². The van der Waals surface area contributed by atoms with Gasteiger partial charge in [0.1, 0.15) is 5.82 Å². The Labute approximate surface area is 135 Å². The standard InChI is InChI=1S/C19H17FN2O/c20-16-9-7-15(8-10-16)17-5-1-2-6-18(17)19(23)22-11-3-4-14(12-21)13-22/h1-2,5-10,14H,3-4,11,13H2/t14-/m0/s1. The van der Waals surface area contributed by atoms with Crippen LogP contribution in [-0.4, -0.2) is 23.9 Å². The quantitative estimate of drug-likeness (QED) is 0.845. The van der Waals surface area contributed by atoms with Crippen molar-refractivity contribution in [3.63, 3.8) is 0 Å². The van der Waals surface area contributed by atoms with Gasteiger partial charge in [-0.05, 0) is 42.2 Å². The van der Waals surface area contributed by atoms with Gasteiger partial charge in [-0.25, -0.2) is 4.39 Å². The molecule has 1 aliphatic rings. The average Bonchev–Trinajstić information content (AvgIpc) is 2.62. The zero-order chi connectivity index (χ0) is 16.2. The Kier molecular flexibility index (Phi) is 4.38. The van der Waals surface area contributed by atoms with E-state index in [0.29, 0.717) is 18.7 Å². The molecule has 1 amide bonds. The van der Waals surface area contributed by atoms with E-state index in [1.165, 1.54) is 12.1 Å². The minimum Gasteiger partial charge on any atom is -0.337 e. The Morgan fingerprint density at radius 1 is 1.17 bits per heavy atom. The summed E-state index contributed by atoms with van der Waals surface area (Å²) in [5.41, 5.74) is 2.19. The van der Waals surface area contributed by atoms with E-state index < -0.39 is 0 Å². The lowest BCUT2D eigenvalue weighted by Gasteiger charge is -2.30. The first-order chi connectivity index (χ1) is 11.2. The topological polar surface area (TPSA) is 44.1 Å². The number of piperidine rings is 1. The molecule has 2 aromatic carbocycles. The van der Waals surface area contributed by atoms with E-state index in [1.807, 2.05) is 18.2 Å². The summed E-state index contributed by atoms with van der Waals surface area (Å²) in [5, 5.41) is 9.10. The Morgan fingerprint density at radius 3 is 2.65 bits per heavy atom. The van der Waals surface area contributed by atoms with E-state index >= 15 is 0 Å². The molecule has 1 aliphatic heterocycles. The van der Waals surface area contributed by atoms with Crippen molar-refractivity contribution < 1.29 is 9.18 Å². The van der Waals surface area contributed by atoms with E-state index in [1.54, 1.807) is 23.1 Å². The minimum absolute atomic E-state index is 0.0649. The minimum atomic E-state index is -0.301. The number of halogens is 1. The molecule has 4 heteroatoms. The van der Waals surface area contributed by atoms with Crippen LogP contribution >= 0.6 is 0 Å². The molecule has 1 atom stereocenters. The zero-order valence-electron chi connectivity index (χ0n) is 12.7. The summed E-state index contributed by atoms with van der Waals surface area (Å²) in [5.74, 6) is -0.457. The first-order valence-electron chi connectivity index (χ1n) is 7.73. The fraction of sp³-hybridized carbons (Fsp3) is 0.263. The molecular weight excluding hydrogens is 291 g/mol. The maximum atomic E-state index is 13.1. The van der Waals surface area contributed by atoms with Crippen molar-refractivity contribution in [1.82, 2.24) is 4.90 Å². The number of hydrogen-bond acceptors (Lipinski definition) is 2. The zero-order valence-corrected chi connectivity index (χ0v) is 12.7. The number of carbonyl (C=O) groups excluding carboxylic acids is 1. The third-order valence-electron chi connectivity index (χ3n) is 4.20. The molecule has 0 bridgehead atoms. The van der Waals surface area contributed by atoms with E-state index in [9.17, 15) is 9.18 Å². The Balaban J connectivity index is 1.92. The van der Waals surface area contributed by atoms with Gasteiger partial charge in [0.05, 0.1) is 12.0 Å². The van der Waals surface area contributed by atoms with Gasteiger partial charge in [-0.1, -0.05) is 30.3 Å². The largest absolute Gasteiger partial charge is 0.337 e. The molecular formula is C19H17FN2O. The van der Waals surface area contributed by atoms with Crippen LogP contribution in [0.2, 0.25) is 0 Å². The average molecular weight is 308 g/mol. The second kappa shape index (κ2) is 6.62. The van der Waals surface area contributed by atoms with Crippen LogP contribution < -0.4 is 0 Å². The van der Waals surface area contributed by atoms with Crippen LogP contribution in [0.1, 0.15) is 23.2 Å². The molecule has 3 nitrogen and oxygen atoms in total. The number of benzene rings is 2. The summed E-state index contributed by atoms with van der Waals surface area (Å²) in [7, 11) is 0. The van der Waals surface area contributed by atoms with Gasteiger partial charge in [-0.3, -0.25) is 4.79 Å². The Bertz CT molecular complexity index is 749. The lowest BCUT2D eigenvalue weighted by molar-refractivity contribution is 0.0699. The van der Waals surface area contributed by atoms with Crippen LogP contribution in [0.3, 0.4) is 0 Å². The lowest BCUT2D eigenvalue weighted by atomic mass is 9.96. The van der Waals surface area contributed by atoms with Gasteiger partial charge in [0.2, 0.25) is 0 Å². The molecule has 0 saturated carbocycles. The van der Waals surface area contributed by atoms with Crippen molar-refractivity contribution in [2.45, 2.75) is 12.8 Å². The van der Waals surface area contributed by atoms with Gasteiger partial charge in [0.15, 0.2) is 0 Å².